The summed E-state index contributed by atoms with van der Waals surface area (Å²) in [5.74, 6) is 0. The monoisotopic (exact) mass is 795 g/mol. The molecule has 0 amide bonds. The van der Waals surface area contributed by atoms with Crippen molar-refractivity contribution in [3.63, 3.8) is 0 Å². The molecule has 0 bridgehead atoms. The first-order valence-corrected chi connectivity index (χ1v) is 21.5. The van der Waals surface area contributed by atoms with Gasteiger partial charge in [0, 0.05) is 44.3 Å². The number of fused-ring (bicyclic) bond motifs is 8. The molecule has 12 aromatic rings. The van der Waals surface area contributed by atoms with E-state index in [-0.39, 0.29) is 0 Å². The van der Waals surface area contributed by atoms with Gasteiger partial charge in [0.05, 0.1) is 26.9 Å². The first-order valence-electron chi connectivity index (χ1n) is 20.7. The summed E-state index contributed by atoms with van der Waals surface area (Å²) in [4.78, 5) is 7.68. The molecule has 0 aliphatic rings. The van der Waals surface area contributed by atoms with Gasteiger partial charge in [0.1, 0.15) is 5.01 Å². The number of para-hydroxylation sites is 3. The summed E-state index contributed by atoms with van der Waals surface area (Å²) in [5.41, 5.74) is 13.7. The Bertz CT molecular complexity index is 3570. The maximum absolute atomic E-state index is 5.26. The molecule has 0 saturated carbocycles. The van der Waals surface area contributed by atoms with Gasteiger partial charge in [-0.25, -0.2) is 4.98 Å². The number of thiazole rings is 1. The summed E-state index contributed by atoms with van der Waals surface area (Å²) >= 11 is 1.76. The second-order valence-corrected chi connectivity index (χ2v) is 16.5. The molecule has 0 saturated heterocycles. The predicted octanol–water partition coefficient (Wildman–Crippen LogP) is 16.2. The summed E-state index contributed by atoms with van der Waals surface area (Å²) in [7, 11) is 0. The van der Waals surface area contributed by atoms with Crippen molar-refractivity contribution in [1.82, 2.24) is 9.55 Å². The summed E-state index contributed by atoms with van der Waals surface area (Å²) in [6.07, 6.45) is 0. The van der Waals surface area contributed by atoms with Crippen LogP contribution in [0.25, 0.3) is 92.1 Å². The number of hydrogen-bond donors (Lipinski definition) is 0. The standard InChI is InChI=1S/C57H37N3S/c1-4-16-38(17-5-1)44-22-12-14-26-52(44)59(43-32-34-54-50(36-43)48-25-13-15-27-53(48)60(54)41-20-8-3-9-21-41)42-30-28-39(29-31-42)49-37-51-47(45-23-10-11-24-46(45)49)33-35-55-56(51)58-57(61-55)40-18-6-2-7-19-40/h1-37H. The van der Waals surface area contributed by atoms with E-state index in [2.05, 4.69) is 234 Å². The summed E-state index contributed by atoms with van der Waals surface area (Å²) in [6, 6.07) is 81.1. The molecular formula is C57H37N3S. The van der Waals surface area contributed by atoms with Crippen LogP contribution >= 0.6 is 11.3 Å². The zero-order valence-electron chi connectivity index (χ0n) is 33.1. The third-order valence-electron chi connectivity index (χ3n) is 12.0. The van der Waals surface area contributed by atoms with Gasteiger partial charge in [-0.2, -0.15) is 0 Å². The molecular weight excluding hydrogens is 759 g/mol. The topological polar surface area (TPSA) is 21.1 Å². The molecule has 4 heteroatoms. The van der Waals surface area contributed by atoms with Gasteiger partial charge in [-0.05, 0) is 99.6 Å². The smallest absolute Gasteiger partial charge is 0.124 e. The average molecular weight is 796 g/mol. The van der Waals surface area contributed by atoms with Crippen molar-refractivity contribution in [1.29, 1.82) is 0 Å². The molecule has 0 aliphatic carbocycles. The summed E-state index contributed by atoms with van der Waals surface area (Å²) in [5, 5.41) is 8.34. The molecule has 2 aromatic heterocycles. The van der Waals surface area contributed by atoms with Crippen LogP contribution in [0.15, 0.2) is 224 Å². The van der Waals surface area contributed by atoms with Crippen LogP contribution < -0.4 is 4.90 Å². The van der Waals surface area contributed by atoms with Gasteiger partial charge in [0.25, 0.3) is 0 Å². The SMILES string of the molecule is c1ccc(-c2nc3c(ccc4c5ccccc5c(-c5ccc(N(c6ccc7c(c6)c6ccccc6n7-c6ccccc6)c6ccccc6-c6ccccc6)cc5)cc43)s2)cc1. The quantitative estimate of drug-likeness (QED) is 0.150. The molecule has 0 unspecified atom stereocenters. The Morgan fingerprint density at radius 1 is 0.377 bits per heavy atom. The molecule has 3 nitrogen and oxygen atoms in total. The van der Waals surface area contributed by atoms with E-state index in [4.69, 9.17) is 4.98 Å². The highest BCUT2D eigenvalue weighted by molar-refractivity contribution is 7.21. The minimum atomic E-state index is 1.04. The number of aromatic nitrogens is 2. The van der Waals surface area contributed by atoms with Crippen LogP contribution in [0.2, 0.25) is 0 Å². The second-order valence-electron chi connectivity index (χ2n) is 15.5. The van der Waals surface area contributed by atoms with Crippen molar-refractivity contribution < 1.29 is 0 Å². The van der Waals surface area contributed by atoms with Crippen LogP contribution in [0, 0.1) is 0 Å². The molecule has 0 atom stereocenters. The van der Waals surface area contributed by atoms with Crippen LogP contribution in [0.5, 0.6) is 0 Å². The number of anilines is 3. The Hall–Kier alpha value is -7.79. The lowest BCUT2D eigenvalue weighted by Crippen LogP contribution is -2.11. The lowest BCUT2D eigenvalue weighted by Gasteiger charge is -2.28. The third kappa shape index (κ3) is 5.91. The predicted molar refractivity (Wildman–Crippen MR) is 260 cm³/mol. The van der Waals surface area contributed by atoms with E-state index >= 15 is 0 Å². The zero-order valence-corrected chi connectivity index (χ0v) is 33.9. The minimum Gasteiger partial charge on any atom is -0.310 e. The van der Waals surface area contributed by atoms with Gasteiger partial charge in [-0.1, -0.05) is 158 Å². The first kappa shape index (κ1) is 35.2. The van der Waals surface area contributed by atoms with E-state index in [1.807, 2.05) is 0 Å². The Morgan fingerprint density at radius 2 is 0.967 bits per heavy atom. The molecule has 12 rings (SSSR count). The minimum absolute atomic E-state index is 1.04. The van der Waals surface area contributed by atoms with Gasteiger partial charge in [-0.3, -0.25) is 0 Å². The molecule has 286 valence electrons. The number of hydrogen-bond acceptors (Lipinski definition) is 3. The fourth-order valence-electron chi connectivity index (χ4n) is 9.22. The normalized spacial score (nSPS) is 11.6. The van der Waals surface area contributed by atoms with Gasteiger partial charge in [0.15, 0.2) is 0 Å². The van der Waals surface area contributed by atoms with Crippen LogP contribution in [-0.4, -0.2) is 9.55 Å². The second kappa shape index (κ2) is 14.5. The maximum Gasteiger partial charge on any atom is 0.124 e. The van der Waals surface area contributed by atoms with Gasteiger partial charge in [0.2, 0.25) is 0 Å². The Kier molecular flexibility index (Phi) is 8.36. The fraction of sp³-hybridized carbons (Fsp3) is 0. The van der Waals surface area contributed by atoms with E-state index in [1.165, 1.54) is 64.7 Å². The number of nitrogens with zero attached hydrogens (tertiary/aromatic N) is 3. The number of rotatable bonds is 7. The van der Waals surface area contributed by atoms with Crippen molar-refractivity contribution in [3.8, 4) is 38.5 Å². The maximum atomic E-state index is 5.26. The Morgan fingerprint density at radius 3 is 1.75 bits per heavy atom. The summed E-state index contributed by atoms with van der Waals surface area (Å²) in [6.45, 7) is 0. The van der Waals surface area contributed by atoms with Gasteiger partial charge >= 0.3 is 0 Å². The van der Waals surface area contributed by atoms with Crippen molar-refractivity contribution in [2.24, 2.45) is 0 Å². The average Bonchev–Trinajstić information content (AvgIpc) is 3.93. The molecule has 0 radical (unpaired) electrons. The van der Waals surface area contributed by atoms with Crippen molar-refractivity contribution in [3.05, 3.63) is 224 Å². The van der Waals surface area contributed by atoms with Crippen LogP contribution in [-0.2, 0) is 0 Å². The highest BCUT2D eigenvalue weighted by Gasteiger charge is 2.21. The molecule has 0 spiro atoms. The van der Waals surface area contributed by atoms with E-state index < -0.39 is 0 Å². The third-order valence-corrected chi connectivity index (χ3v) is 13.1. The van der Waals surface area contributed by atoms with Crippen LogP contribution in [0.3, 0.4) is 0 Å². The molecule has 61 heavy (non-hydrogen) atoms. The first-order chi connectivity index (χ1) is 30.3. The Labute approximate surface area is 357 Å². The molecule has 10 aromatic carbocycles. The molecule has 0 aliphatic heterocycles. The largest absolute Gasteiger partial charge is 0.310 e. The lowest BCUT2D eigenvalue weighted by molar-refractivity contribution is 1.18. The van der Waals surface area contributed by atoms with Crippen LogP contribution in [0.4, 0.5) is 17.1 Å². The highest BCUT2D eigenvalue weighted by Crippen LogP contribution is 2.45. The van der Waals surface area contributed by atoms with Crippen LogP contribution in [0.1, 0.15) is 0 Å². The molecule has 0 N–H and O–H groups in total. The molecule has 0 fully saturated rings. The lowest BCUT2D eigenvalue weighted by atomic mass is 9.92. The Balaban J connectivity index is 1.04. The summed E-state index contributed by atoms with van der Waals surface area (Å²) < 4.78 is 3.57. The van der Waals surface area contributed by atoms with E-state index in [0.717, 1.165) is 44.4 Å². The number of benzene rings is 10. The van der Waals surface area contributed by atoms with Gasteiger partial charge in [-0.15, -0.1) is 11.3 Å². The van der Waals surface area contributed by atoms with E-state index in [9.17, 15) is 0 Å². The fourth-order valence-corrected chi connectivity index (χ4v) is 10.2. The van der Waals surface area contributed by atoms with Gasteiger partial charge < -0.3 is 9.47 Å². The van der Waals surface area contributed by atoms with E-state index in [0.29, 0.717) is 0 Å². The molecule has 2 heterocycles. The van der Waals surface area contributed by atoms with Crippen molar-refractivity contribution in [2.45, 2.75) is 0 Å². The van der Waals surface area contributed by atoms with Crippen molar-refractivity contribution in [2.75, 3.05) is 4.90 Å². The zero-order chi connectivity index (χ0) is 40.3. The highest BCUT2D eigenvalue weighted by atomic mass is 32.1. The van der Waals surface area contributed by atoms with E-state index in [1.54, 1.807) is 11.3 Å². The van der Waals surface area contributed by atoms with Crippen molar-refractivity contribution >= 4 is 82.0 Å².